The predicted octanol–water partition coefficient (Wildman–Crippen LogP) is 5.08. The van der Waals surface area contributed by atoms with Crippen molar-refractivity contribution < 1.29 is 4.74 Å². The van der Waals surface area contributed by atoms with E-state index in [2.05, 4.69) is 25.1 Å². The minimum Gasteiger partial charge on any atom is -0.494 e. The van der Waals surface area contributed by atoms with Gasteiger partial charge in [-0.3, -0.25) is 0 Å². The van der Waals surface area contributed by atoms with Crippen LogP contribution < -0.4 is 10.5 Å². The summed E-state index contributed by atoms with van der Waals surface area (Å²) in [4.78, 5) is 0. The van der Waals surface area contributed by atoms with Crippen LogP contribution in [0.2, 0.25) is 0 Å². The highest BCUT2D eigenvalue weighted by Gasteiger charge is 2.26. The molecule has 2 heteroatoms. The lowest BCUT2D eigenvalue weighted by atomic mass is 9.75. The topological polar surface area (TPSA) is 35.2 Å². The number of ether oxygens (including phenoxy) is 1. The quantitative estimate of drug-likeness (QED) is 0.759. The Morgan fingerprint density at radius 3 is 2.62 bits per heavy atom. The summed E-state index contributed by atoms with van der Waals surface area (Å²) in [5, 5.41) is 0. The first-order chi connectivity index (χ1) is 10.2. The van der Waals surface area contributed by atoms with Crippen molar-refractivity contribution in [3.8, 4) is 5.75 Å². The maximum absolute atomic E-state index is 6.52. The summed E-state index contributed by atoms with van der Waals surface area (Å²) in [5.74, 6) is 2.53. The zero-order valence-corrected chi connectivity index (χ0v) is 13.7. The smallest absolute Gasteiger partial charge is 0.119 e. The van der Waals surface area contributed by atoms with Gasteiger partial charge in [0, 0.05) is 6.04 Å². The summed E-state index contributed by atoms with van der Waals surface area (Å²) in [7, 11) is 0. The van der Waals surface area contributed by atoms with Gasteiger partial charge in [-0.1, -0.05) is 51.2 Å². The summed E-state index contributed by atoms with van der Waals surface area (Å²) in [6.45, 7) is 5.01. The molecule has 1 aliphatic rings. The molecule has 0 aliphatic heterocycles. The van der Waals surface area contributed by atoms with Gasteiger partial charge in [-0.25, -0.2) is 0 Å². The zero-order valence-electron chi connectivity index (χ0n) is 13.7. The Balaban J connectivity index is 1.89. The number of nitrogens with two attached hydrogens (primary N) is 1. The lowest BCUT2D eigenvalue weighted by Crippen LogP contribution is -2.26. The normalized spacial score (nSPS) is 23.8. The number of hydrogen-bond donors (Lipinski definition) is 1. The van der Waals surface area contributed by atoms with Crippen LogP contribution in [0.4, 0.5) is 0 Å². The van der Waals surface area contributed by atoms with E-state index in [0.29, 0.717) is 12.5 Å². The largest absolute Gasteiger partial charge is 0.494 e. The second kappa shape index (κ2) is 8.43. The van der Waals surface area contributed by atoms with Crippen molar-refractivity contribution in [1.29, 1.82) is 0 Å². The summed E-state index contributed by atoms with van der Waals surface area (Å²) < 4.78 is 5.59. The highest BCUT2D eigenvalue weighted by atomic mass is 16.5. The van der Waals surface area contributed by atoms with Crippen LogP contribution in [0.1, 0.15) is 70.4 Å². The predicted molar refractivity (Wildman–Crippen MR) is 89.5 cm³/mol. The summed E-state index contributed by atoms with van der Waals surface area (Å²) in [5.41, 5.74) is 7.76. The van der Waals surface area contributed by atoms with Gasteiger partial charge in [0.15, 0.2) is 0 Å². The molecule has 0 radical (unpaired) electrons. The van der Waals surface area contributed by atoms with Crippen LogP contribution in [0, 0.1) is 11.8 Å². The van der Waals surface area contributed by atoms with Crippen molar-refractivity contribution in [1.82, 2.24) is 0 Å². The van der Waals surface area contributed by atoms with Crippen molar-refractivity contribution in [2.45, 2.75) is 64.8 Å². The maximum Gasteiger partial charge on any atom is 0.119 e. The lowest BCUT2D eigenvalue weighted by molar-refractivity contribution is 0.232. The van der Waals surface area contributed by atoms with Crippen LogP contribution in [0.3, 0.4) is 0 Å². The number of unbranched alkanes of at least 4 members (excludes halogenated alkanes) is 1. The van der Waals surface area contributed by atoms with E-state index in [1.807, 2.05) is 13.0 Å². The van der Waals surface area contributed by atoms with E-state index in [9.17, 15) is 0 Å². The van der Waals surface area contributed by atoms with E-state index in [4.69, 9.17) is 10.5 Å². The Labute approximate surface area is 130 Å². The van der Waals surface area contributed by atoms with Gasteiger partial charge in [-0.05, 0) is 49.3 Å². The van der Waals surface area contributed by atoms with E-state index >= 15 is 0 Å². The van der Waals surface area contributed by atoms with Gasteiger partial charge < -0.3 is 10.5 Å². The van der Waals surface area contributed by atoms with Crippen molar-refractivity contribution in [2.75, 3.05) is 6.61 Å². The molecule has 0 saturated heterocycles. The first-order valence-corrected chi connectivity index (χ1v) is 8.72. The Morgan fingerprint density at radius 1 is 1.19 bits per heavy atom. The highest BCUT2D eigenvalue weighted by Crippen LogP contribution is 2.38. The van der Waals surface area contributed by atoms with E-state index in [-0.39, 0.29) is 6.04 Å². The number of benzene rings is 1. The lowest BCUT2D eigenvalue weighted by Gasteiger charge is -2.32. The Morgan fingerprint density at radius 2 is 1.95 bits per heavy atom. The van der Waals surface area contributed by atoms with Crippen LogP contribution in [0.15, 0.2) is 24.3 Å². The minimum absolute atomic E-state index is 0.164. The van der Waals surface area contributed by atoms with E-state index in [1.165, 1.54) is 50.5 Å². The summed E-state index contributed by atoms with van der Waals surface area (Å²) >= 11 is 0. The molecule has 0 heterocycles. The Kier molecular flexibility index (Phi) is 6.56. The fraction of sp³-hybridized carbons (Fsp3) is 0.684. The molecule has 2 rings (SSSR count). The Bertz CT molecular complexity index is 410. The van der Waals surface area contributed by atoms with Gasteiger partial charge in [0.05, 0.1) is 6.61 Å². The van der Waals surface area contributed by atoms with Crippen molar-refractivity contribution in [2.24, 2.45) is 17.6 Å². The molecular weight excluding hydrogens is 258 g/mol. The molecule has 1 unspecified atom stereocenters. The van der Waals surface area contributed by atoms with Crippen LogP contribution in [-0.2, 0) is 0 Å². The van der Waals surface area contributed by atoms with E-state index < -0.39 is 0 Å². The summed E-state index contributed by atoms with van der Waals surface area (Å²) in [6.07, 6.45) is 9.43. The molecule has 1 aromatic rings. The molecule has 0 amide bonds. The molecule has 1 saturated carbocycles. The third-order valence-corrected chi connectivity index (χ3v) is 4.92. The fourth-order valence-corrected chi connectivity index (χ4v) is 3.58. The molecule has 1 fully saturated rings. The molecule has 0 aromatic heterocycles. The van der Waals surface area contributed by atoms with E-state index in [1.54, 1.807) is 0 Å². The molecule has 118 valence electrons. The van der Waals surface area contributed by atoms with Gasteiger partial charge in [0.25, 0.3) is 0 Å². The van der Waals surface area contributed by atoms with Gasteiger partial charge in [0.1, 0.15) is 5.75 Å². The van der Waals surface area contributed by atoms with Crippen LogP contribution >= 0.6 is 0 Å². The molecule has 1 aliphatic carbocycles. The van der Waals surface area contributed by atoms with Crippen molar-refractivity contribution >= 4 is 0 Å². The molecular formula is C19H31NO. The SMILES string of the molecule is CCCCC1CCC(C(N)c2cccc(OCC)c2)CC1. The number of rotatable bonds is 7. The number of hydrogen-bond acceptors (Lipinski definition) is 2. The second-order valence-corrected chi connectivity index (χ2v) is 6.45. The molecule has 1 atom stereocenters. The van der Waals surface area contributed by atoms with Gasteiger partial charge in [-0.2, -0.15) is 0 Å². The first kappa shape index (κ1) is 16.4. The van der Waals surface area contributed by atoms with Crippen molar-refractivity contribution in [3.63, 3.8) is 0 Å². The Hall–Kier alpha value is -1.02. The fourth-order valence-electron chi connectivity index (χ4n) is 3.58. The third-order valence-electron chi connectivity index (χ3n) is 4.92. The molecule has 0 spiro atoms. The van der Waals surface area contributed by atoms with Crippen LogP contribution in [-0.4, -0.2) is 6.61 Å². The molecule has 21 heavy (non-hydrogen) atoms. The minimum atomic E-state index is 0.164. The van der Waals surface area contributed by atoms with Gasteiger partial charge >= 0.3 is 0 Å². The van der Waals surface area contributed by atoms with Crippen LogP contribution in [0.5, 0.6) is 5.75 Å². The molecule has 0 bridgehead atoms. The third kappa shape index (κ3) is 4.74. The highest BCUT2D eigenvalue weighted by molar-refractivity contribution is 5.30. The van der Waals surface area contributed by atoms with Gasteiger partial charge in [-0.15, -0.1) is 0 Å². The second-order valence-electron chi connectivity index (χ2n) is 6.45. The first-order valence-electron chi connectivity index (χ1n) is 8.72. The standard InChI is InChI=1S/C19H31NO/c1-3-5-7-15-10-12-16(13-11-15)19(20)17-8-6-9-18(14-17)21-4-2/h6,8-9,14-16,19H,3-5,7,10-13,20H2,1-2H3. The average Bonchev–Trinajstić information content (AvgIpc) is 2.53. The van der Waals surface area contributed by atoms with Gasteiger partial charge in [0.2, 0.25) is 0 Å². The monoisotopic (exact) mass is 289 g/mol. The van der Waals surface area contributed by atoms with E-state index in [0.717, 1.165) is 11.7 Å². The molecule has 2 N–H and O–H groups in total. The van der Waals surface area contributed by atoms with Crippen molar-refractivity contribution in [3.05, 3.63) is 29.8 Å². The molecule has 1 aromatic carbocycles. The average molecular weight is 289 g/mol. The van der Waals surface area contributed by atoms with Crippen LogP contribution in [0.25, 0.3) is 0 Å². The molecule has 2 nitrogen and oxygen atoms in total. The maximum atomic E-state index is 6.52. The summed E-state index contributed by atoms with van der Waals surface area (Å²) in [6, 6.07) is 8.51. The zero-order chi connectivity index (χ0) is 15.1.